The predicted molar refractivity (Wildman–Crippen MR) is 86.2 cm³/mol. The molecule has 0 aliphatic carbocycles. The van der Waals surface area contributed by atoms with Gasteiger partial charge in [-0.05, 0) is 31.0 Å². The fourth-order valence-electron chi connectivity index (χ4n) is 2.61. The molecule has 1 fully saturated rings. The van der Waals surface area contributed by atoms with Crippen LogP contribution in [0, 0.1) is 5.92 Å². The smallest absolute Gasteiger partial charge is 0.363 e. The van der Waals surface area contributed by atoms with Gasteiger partial charge in [0.2, 0.25) is 0 Å². The van der Waals surface area contributed by atoms with E-state index in [9.17, 15) is 18.0 Å². The van der Waals surface area contributed by atoms with E-state index in [0.29, 0.717) is 31.7 Å². The van der Waals surface area contributed by atoms with Gasteiger partial charge in [-0.2, -0.15) is 13.2 Å². The average molecular weight is 345 g/mol. The normalized spacial score (nSPS) is 18.5. The van der Waals surface area contributed by atoms with Gasteiger partial charge in [-0.25, -0.2) is 9.78 Å². The van der Waals surface area contributed by atoms with Gasteiger partial charge >= 0.3 is 12.2 Å². The summed E-state index contributed by atoms with van der Waals surface area (Å²) >= 11 is 0. The number of carbonyl (C=O) groups excluding carboxylic acids is 1. The topological polar surface area (TPSA) is 60.5 Å². The first-order chi connectivity index (χ1) is 11.2. The molecule has 2 amide bonds. The summed E-state index contributed by atoms with van der Waals surface area (Å²) in [5.74, 6) is 0.809. The summed E-state index contributed by atoms with van der Waals surface area (Å²) in [6.07, 6.45) is -1.98. The number of pyridine rings is 1. The number of aromatic nitrogens is 1. The standard InChI is InChI=1S/C15H22F3N5O/c1-22(2)13-4-3-12(8-19-13)21-14(24)20-7-11-5-6-23(9-11)10-15(16,17)18/h3-4,8,11H,5-7,9-10H2,1-2H3,(H2,20,21,24). The molecular weight excluding hydrogens is 323 g/mol. The van der Waals surface area contributed by atoms with Crippen LogP contribution >= 0.6 is 0 Å². The Kier molecular flexibility index (Phi) is 5.87. The maximum atomic E-state index is 12.3. The summed E-state index contributed by atoms with van der Waals surface area (Å²) in [5.41, 5.74) is 0.559. The van der Waals surface area contributed by atoms with Crippen LogP contribution in [-0.2, 0) is 0 Å². The number of nitrogens with one attached hydrogen (secondary N) is 2. The van der Waals surface area contributed by atoms with Gasteiger partial charge in [0.05, 0.1) is 18.4 Å². The van der Waals surface area contributed by atoms with Gasteiger partial charge in [0.25, 0.3) is 0 Å². The lowest BCUT2D eigenvalue weighted by atomic mass is 10.1. The van der Waals surface area contributed by atoms with Gasteiger partial charge in [0.15, 0.2) is 0 Å². The highest BCUT2D eigenvalue weighted by Gasteiger charge is 2.34. The predicted octanol–water partition coefficient (Wildman–Crippen LogP) is 2.15. The lowest BCUT2D eigenvalue weighted by Crippen LogP contribution is -2.36. The number of amides is 2. The van der Waals surface area contributed by atoms with E-state index in [2.05, 4.69) is 15.6 Å². The number of urea groups is 1. The molecule has 1 aromatic heterocycles. The van der Waals surface area contributed by atoms with E-state index >= 15 is 0 Å². The quantitative estimate of drug-likeness (QED) is 0.859. The monoisotopic (exact) mass is 345 g/mol. The molecule has 1 aliphatic heterocycles. The zero-order valence-electron chi connectivity index (χ0n) is 13.7. The summed E-state index contributed by atoms with van der Waals surface area (Å²) in [7, 11) is 3.73. The van der Waals surface area contributed by atoms with E-state index in [4.69, 9.17) is 0 Å². The van der Waals surface area contributed by atoms with E-state index in [-0.39, 0.29) is 11.9 Å². The molecule has 134 valence electrons. The van der Waals surface area contributed by atoms with E-state index < -0.39 is 12.7 Å². The summed E-state index contributed by atoms with van der Waals surface area (Å²) in [5, 5.41) is 5.35. The molecule has 0 spiro atoms. The van der Waals surface area contributed by atoms with Crippen molar-refractivity contribution in [2.45, 2.75) is 12.6 Å². The number of anilines is 2. The van der Waals surface area contributed by atoms with Crippen LogP contribution in [-0.4, -0.2) is 62.4 Å². The number of nitrogens with zero attached hydrogens (tertiary/aromatic N) is 3. The first-order valence-electron chi connectivity index (χ1n) is 7.70. The molecule has 2 N–H and O–H groups in total. The summed E-state index contributed by atoms with van der Waals surface area (Å²) in [4.78, 5) is 19.2. The van der Waals surface area contributed by atoms with Crippen molar-refractivity contribution in [3.05, 3.63) is 18.3 Å². The van der Waals surface area contributed by atoms with Crippen LogP contribution in [0.15, 0.2) is 18.3 Å². The Morgan fingerprint density at radius 3 is 2.75 bits per heavy atom. The van der Waals surface area contributed by atoms with Crippen molar-refractivity contribution < 1.29 is 18.0 Å². The minimum atomic E-state index is -4.18. The minimum absolute atomic E-state index is 0.0346. The van der Waals surface area contributed by atoms with E-state index in [1.54, 1.807) is 18.3 Å². The molecule has 6 nitrogen and oxygen atoms in total. The molecule has 0 bridgehead atoms. The van der Waals surface area contributed by atoms with Crippen LogP contribution in [0.5, 0.6) is 0 Å². The average Bonchev–Trinajstić information content (AvgIpc) is 2.91. The Morgan fingerprint density at radius 2 is 2.17 bits per heavy atom. The Morgan fingerprint density at radius 1 is 1.42 bits per heavy atom. The molecule has 9 heteroatoms. The number of carbonyl (C=O) groups is 1. The SMILES string of the molecule is CN(C)c1ccc(NC(=O)NCC2CCN(CC(F)(F)F)C2)cn1. The minimum Gasteiger partial charge on any atom is -0.363 e. The van der Waals surface area contributed by atoms with Gasteiger partial charge in [-0.1, -0.05) is 0 Å². The van der Waals surface area contributed by atoms with Crippen LogP contribution in [0.4, 0.5) is 29.5 Å². The second-order valence-electron chi connectivity index (χ2n) is 6.14. The lowest BCUT2D eigenvalue weighted by Gasteiger charge is -2.18. The number of likely N-dealkylation sites (tertiary alicyclic amines) is 1. The van der Waals surface area contributed by atoms with Crippen LogP contribution < -0.4 is 15.5 Å². The molecule has 0 aromatic carbocycles. The molecule has 1 aromatic rings. The highest BCUT2D eigenvalue weighted by Crippen LogP contribution is 2.22. The molecule has 0 saturated carbocycles. The van der Waals surface area contributed by atoms with Crippen molar-refractivity contribution in [2.24, 2.45) is 5.92 Å². The zero-order valence-corrected chi connectivity index (χ0v) is 13.7. The first kappa shape index (κ1) is 18.3. The summed E-state index contributed by atoms with van der Waals surface area (Å²) in [6, 6.07) is 3.13. The van der Waals surface area contributed by atoms with E-state index in [1.165, 1.54) is 4.90 Å². The maximum absolute atomic E-state index is 12.3. The third kappa shape index (κ3) is 5.88. The van der Waals surface area contributed by atoms with Crippen LogP contribution in [0.2, 0.25) is 0 Å². The molecular formula is C15H22F3N5O. The van der Waals surface area contributed by atoms with Crippen LogP contribution in [0.3, 0.4) is 0 Å². The van der Waals surface area contributed by atoms with Crippen molar-refractivity contribution in [3.63, 3.8) is 0 Å². The van der Waals surface area contributed by atoms with Gasteiger partial charge in [-0.3, -0.25) is 4.90 Å². The van der Waals surface area contributed by atoms with Gasteiger partial charge in [0, 0.05) is 27.2 Å². The third-order valence-electron chi connectivity index (χ3n) is 3.79. The van der Waals surface area contributed by atoms with Crippen molar-refractivity contribution in [3.8, 4) is 0 Å². The molecule has 1 aliphatic rings. The van der Waals surface area contributed by atoms with E-state index in [0.717, 1.165) is 5.82 Å². The van der Waals surface area contributed by atoms with Gasteiger partial charge in [0.1, 0.15) is 5.82 Å². The summed E-state index contributed by atoms with van der Waals surface area (Å²) < 4.78 is 37.0. The molecule has 2 heterocycles. The van der Waals surface area contributed by atoms with Crippen LogP contribution in [0.1, 0.15) is 6.42 Å². The largest absolute Gasteiger partial charge is 0.401 e. The fourth-order valence-corrected chi connectivity index (χ4v) is 2.61. The number of hydrogen-bond donors (Lipinski definition) is 2. The van der Waals surface area contributed by atoms with Crippen molar-refractivity contribution >= 4 is 17.5 Å². The van der Waals surface area contributed by atoms with Crippen molar-refractivity contribution in [1.82, 2.24) is 15.2 Å². The number of hydrogen-bond acceptors (Lipinski definition) is 4. The highest BCUT2D eigenvalue weighted by atomic mass is 19.4. The van der Waals surface area contributed by atoms with Gasteiger partial charge in [-0.15, -0.1) is 0 Å². The van der Waals surface area contributed by atoms with E-state index in [1.807, 2.05) is 19.0 Å². The third-order valence-corrected chi connectivity index (χ3v) is 3.79. The highest BCUT2D eigenvalue weighted by molar-refractivity contribution is 5.89. The second-order valence-corrected chi connectivity index (χ2v) is 6.14. The number of alkyl halides is 3. The lowest BCUT2D eigenvalue weighted by molar-refractivity contribution is -0.143. The Bertz CT molecular complexity index is 547. The molecule has 0 radical (unpaired) electrons. The molecule has 24 heavy (non-hydrogen) atoms. The Labute approximate surface area is 139 Å². The Hall–Kier alpha value is -2.03. The number of rotatable bonds is 5. The summed E-state index contributed by atoms with van der Waals surface area (Å²) in [6.45, 7) is 0.214. The van der Waals surface area contributed by atoms with Crippen molar-refractivity contribution in [2.75, 3.05) is 50.5 Å². The zero-order chi connectivity index (χ0) is 17.7. The molecule has 1 atom stereocenters. The molecule has 2 rings (SSSR count). The first-order valence-corrected chi connectivity index (χ1v) is 7.70. The van der Waals surface area contributed by atoms with Gasteiger partial charge < -0.3 is 15.5 Å². The molecule has 1 unspecified atom stereocenters. The Balaban J connectivity index is 1.72. The fraction of sp³-hybridized carbons (Fsp3) is 0.600. The number of halogens is 3. The van der Waals surface area contributed by atoms with Crippen LogP contribution in [0.25, 0.3) is 0 Å². The maximum Gasteiger partial charge on any atom is 0.401 e. The van der Waals surface area contributed by atoms with Crippen molar-refractivity contribution in [1.29, 1.82) is 0 Å². The second kappa shape index (κ2) is 7.69. The molecule has 1 saturated heterocycles.